The highest BCUT2D eigenvalue weighted by Crippen LogP contribution is 2.28. The van der Waals surface area contributed by atoms with Crippen LogP contribution in [0, 0.1) is 12.8 Å². The number of allylic oxidation sites excluding steroid dienone is 1. The molecule has 1 atom stereocenters. The number of rotatable bonds is 6. The van der Waals surface area contributed by atoms with Crippen molar-refractivity contribution in [3.05, 3.63) is 64.6 Å². The van der Waals surface area contributed by atoms with Gasteiger partial charge in [0.1, 0.15) is 16.6 Å². The molecule has 152 valence electrons. The third-order valence-corrected chi connectivity index (χ3v) is 6.34. The van der Waals surface area contributed by atoms with Gasteiger partial charge in [-0.15, -0.1) is 0 Å². The van der Waals surface area contributed by atoms with Crippen molar-refractivity contribution >= 4 is 33.2 Å². The smallest absolute Gasteiger partial charge is 0.283 e. The largest absolute Gasteiger partial charge is 0.497 e. The van der Waals surface area contributed by atoms with Crippen molar-refractivity contribution in [2.24, 2.45) is 10.9 Å². The number of aliphatic imine (C=N–C) groups is 1. The highest BCUT2D eigenvalue weighted by molar-refractivity contribution is 7.90. The molecule has 0 radical (unpaired) electrons. The standard InChI is InChI=1S/C20H20ClN3O4S/c1-4-13-10-16(23-18(13)15-6-5-9-22-19(15)21)20(25)24-29(26,27)17-11-14(28-3)8-7-12(17)2/h5-11,13H,4H2,1-3H3,(H,24,25). The molecule has 1 N–H and O–H groups in total. The molecule has 1 aromatic heterocycles. The SMILES string of the molecule is CCC1C=C(C(=O)NS(=O)(=O)c2cc(OC)ccc2C)N=C1c1cccnc1Cl. The summed E-state index contributed by atoms with van der Waals surface area (Å²) in [6.45, 7) is 3.58. The Hall–Kier alpha value is -2.71. The maximum Gasteiger partial charge on any atom is 0.283 e. The zero-order chi connectivity index (χ0) is 21.2. The number of amides is 1. The van der Waals surface area contributed by atoms with E-state index >= 15 is 0 Å². The molecule has 9 heteroatoms. The lowest BCUT2D eigenvalue weighted by Crippen LogP contribution is -2.31. The average molecular weight is 434 g/mol. The second-order valence-electron chi connectivity index (χ2n) is 6.47. The van der Waals surface area contributed by atoms with Gasteiger partial charge in [-0.25, -0.2) is 23.1 Å². The highest BCUT2D eigenvalue weighted by atomic mass is 35.5. The number of carbonyl (C=O) groups excluding carboxylic acids is 1. The molecule has 0 aliphatic carbocycles. The summed E-state index contributed by atoms with van der Waals surface area (Å²) in [5.74, 6) is -0.597. The van der Waals surface area contributed by atoms with Crippen LogP contribution in [0.25, 0.3) is 0 Å². The first-order chi connectivity index (χ1) is 13.8. The molecule has 1 aliphatic rings. The molecular weight excluding hydrogens is 414 g/mol. The summed E-state index contributed by atoms with van der Waals surface area (Å²) in [4.78, 5) is 21.0. The van der Waals surface area contributed by atoms with E-state index in [0.717, 1.165) is 0 Å². The van der Waals surface area contributed by atoms with E-state index in [1.54, 1.807) is 43.5 Å². The second kappa shape index (κ2) is 8.34. The lowest BCUT2D eigenvalue weighted by molar-refractivity contribution is -0.115. The Kier molecular flexibility index (Phi) is 6.04. The predicted molar refractivity (Wildman–Crippen MR) is 111 cm³/mol. The van der Waals surface area contributed by atoms with Crippen LogP contribution in [-0.2, 0) is 14.8 Å². The van der Waals surface area contributed by atoms with Gasteiger partial charge in [-0.2, -0.15) is 0 Å². The summed E-state index contributed by atoms with van der Waals surface area (Å²) in [6, 6.07) is 8.12. The third kappa shape index (κ3) is 4.33. The Morgan fingerprint density at radius 1 is 1.31 bits per heavy atom. The molecule has 1 amide bonds. The number of hydrogen-bond donors (Lipinski definition) is 1. The van der Waals surface area contributed by atoms with Gasteiger partial charge in [0, 0.05) is 23.7 Å². The van der Waals surface area contributed by atoms with Crippen LogP contribution >= 0.6 is 11.6 Å². The van der Waals surface area contributed by atoms with Gasteiger partial charge in [-0.1, -0.05) is 24.6 Å². The number of methoxy groups -OCH3 is 1. The van der Waals surface area contributed by atoms with E-state index in [-0.39, 0.29) is 21.7 Å². The molecule has 0 spiro atoms. The van der Waals surface area contributed by atoms with Crippen LogP contribution in [0.15, 0.2) is 58.2 Å². The molecular formula is C20H20ClN3O4S. The molecule has 3 rings (SSSR count). The molecule has 1 aliphatic heterocycles. The molecule has 1 unspecified atom stereocenters. The number of benzene rings is 1. The Balaban J connectivity index is 1.90. The number of hydrogen-bond acceptors (Lipinski definition) is 6. The summed E-state index contributed by atoms with van der Waals surface area (Å²) in [5, 5.41) is 0.277. The van der Waals surface area contributed by atoms with Gasteiger partial charge >= 0.3 is 0 Å². The maximum atomic E-state index is 12.8. The van der Waals surface area contributed by atoms with E-state index in [4.69, 9.17) is 16.3 Å². The average Bonchev–Trinajstić information content (AvgIpc) is 3.12. The predicted octanol–water partition coefficient (Wildman–Crippen LogP) is 3.27. The fourth-order valence-electron chi connectivity index (χ4n) is 3.02. The minimum Gasteiger partial charge on any atom is -0.497 e. The van der Waals surface area contributed by atoms with Crippen LogP contribution in [0.3, 0.4) is 0 Å². The first-order valence-corrected chi connectivity index (χ1v) is 10.8. The second-order valence-corrected chi connectivity index (χ2v) is 8.48. The molecule has 1 aromatic carbocycles. The minimum absolute atomic E-state index is 0.0240. The van der Waals surface area contributed by atoms with Crippen LogP contribution in [0.4, 0.5) is 0 Å². The Morgan fingerprint density at radius 3 is 2.72 bits per heavy atom. The first kappa shape index (κ1) is 21.0. The number of halogens is 1. The van der Waals surface area contributed by atoms with Crippen molar-refractivity contribution in [2.45, 2.75) is 25.2 Å². The summed E-state index contributed by atoms with van der Waals surface area (Å²) >= 11 is 6.16. The summed E-state index contributed by atoms with van der Waals surface area (Å²) < 4.78 is 32.7. The van der Waals surface area contributed by atoms with Gasteiger partial charge in [0.2, 0.25) is 0 Å². The lowest BCUT2D eigenvalue weighted by atomic mass is 9.96. The number of nitrogens with zero attached hydrogens (tertiary/aromatic N) is 2. The number of aromatic nitrogens is 1. The molecule has 2 heterocycles. The number of sulfonamides is 1. The van der Waals surface area contributed by atoms with Gasteiger partial charge in [-0.05, 0) is 43.2 Å². The summed E-state index contributed by atoms with van der Waals surface area (Å²) in [6.07, 6.45) is 3.87. The fourth-order valence-corrected chi connectivity index (χ4v) is 4.46. The Bertz CT molecular complexity index is 1130. The van der Waals surface area contributed by atoms with E-state index in [1.807, 2.05) is 6.92 Å². The number of aryl methyl sites for hydroxylation is 1. The zero-order valence-electron chi connectivity index (χ0n) is 16.1. The molecule has 0 saturated heterocycles. The highest BCUT2D eigenvalue weighted by Gasteiger charge is 2.29. The normalized spacial score (nSPS) is 16.2. The lowest BCUT2D eigenvalue weighted by Gasteiger charge is -2.10. The number of pyridine rings is 1. The topological polar surface area (TPSA) is 97.7 Å². The van der Waals surface area contributed by atoms with Crippen molar-refractivity contribution in [1.82, 2.24) is 9.71 Å². The maximum absolute atomic E-state index is 12.8. The Morgan fingerprint density at radius 2 is 2.07 bits per heavy atom. The molecule has 7 nitrogen and oxygen atoms in total. The van der Waals surface area contributed by atoms with Gasteiger partial charge in [0.15, 0.2) is 0 Å². The van der Waals surface area contributed by atoms with Gasteiger partial charge in [0.25, 0.3) is 15.9 Å². The van der Waals surface area contributed by atoms with Gasteiger partial charge < -0.3 is 4.74 Å². The summed E-state index contributed by atoms with van der Waals surface area (Å²) in [5.41, 5.74) is 1.72. The van der Waals surface area contributed by atoms with Crippen molar-refractivity contribution < 1.29 is 17.9 Å². The molecule has 29 heavy (non-hydrogen) atoms. The van der Waals surface area contributed by atoms with Crippen LogP contribution in [-0.4, -0.2) is 32.1 Å². The van der Waals surface area contributed by atoms with E-state index in [1.165, 1.54) is 13.2 Å². The monoisotopic (exact) mass is 433 g/mol. The van der Waals surface area contributed by atoms with Crippen LogP contribution < -0.4 is 9.46 Å². The Labute approximate surface area is 174 Å². The third-order valence-electron chi connectivity index (χ3n) is 4.57. The molecule has 0 fully saturated rings. The molecule has 0 saturated carbocycles. The van der Waals surface area contributed by atoms with E-state index in [9.17, 15) is 13.2 Å². The number of nitrogens with one attached hydrogen (secondary N) is 1. The van der Waals surface area contributed by atoms with Crippen molar-refractivity contribution in [1.29, 1.82) is 0 Å². The number of carbonyl (C=O) groups is 1. The van der Waals surface area contributed by atoms with Gasteiger partial charge in [0.05, 0.1) is 17.7 Å². The van der Waals surface area contributed by atoms with E-state index in [2.05, 4.69) is 14.7 Å². The molecule has 2 aromatic rings. The summed E-state index contributed by atoms with van der Waals surface area (Å²) in [7, 11) is -2.66. The quantitative estimate of drug-likeness (QED) is 0.705. The van der Waals surface area contributed by atoms with Crippen LogP contribution in [0.1, 0.15) is 24.5 Å². The van der Waals surface area contributed by atoms with Crippen molar-refractivity contribution in [2.75, 3.05) is 7.11 Å². The van der Waals surface area contributed by atoms with E-state index in [0.29, 0.717) is 29.0 Å². The van der Waals surface area contributed by atoms with Crippen LogP contribution in [0.5, 0.6) is 5.75 Å². The first-order valence-electron chi connectivity index (χ1n) is 8.90. The number of ether oxygens (including phenoxy) is 1. The van der Waals surface area contributed by atoms with Crippen molar-refractivity contribution in [3.8, 4) is 5.75 Å². The fraction of sp³-hybridized carbons (Fsp3) is 0.250. The van der Waals surface area contributed by atoms with Crippen molar-refractivity contribution in [3.63, 3.8) is 0 Å². The van der Waals surface area contributed by atoms with Gasteiger partial charge in [-0.3, -0.25) is 4.79 Å². The minimum atomic E-state index is -4.10. The van der Waals surface area contributed by atoms with E-state index < -0.39 is 15.9 Å². The molecule has 0 bridgehead atoms. The van der Waals surface area contributed by atoms with Crippen LogP contribution in [0.2, 0.25) is 5.15 Å². The zero-order valence-corrected chi connectivity index (χ0v) is 17.7.